The number of hydrazine groups is 1. The summed E-state index contributed by atoms with van der Waals surface area (Å²) >= 11 is 0. The molecule has 0 heterocycles. The molecule has 0 radical (unpaired) electrons. The standard InChI is InChI=1S/C28H33N5O5/c1-5-37-24-16-19(11-14-23(24)38-17(2)3)25(31-21-12-9-18(10-13-21)26(29)30)28(35)33-32-27(34)20-7-6-8-22(15-20)36-4/h6-17,25,31H,5H2,1-4H3,(H3,29,30)(H,32,34)(H,33,35). The number of carbonyl (C=O) groups excluding carboxylic acids is 2. The van der Waals surface area contributed by atoms with E-state index in [4.69, 9.17) is 25.4 Å². The third kappa shape index (κ3) is 7.39. The van der Waals surface area contributed by atoms with E-state index in [-0.39, 0.29) is 11.9 Å². The Labute approximate surface area is 222 Å². The Morgan fingerprint density at radius 1 is 0.947 bits per heavy atom. The Morgan fingerprint density at radius 3 is 2.32 bits per heavy atom. The van der Waals surface area contributed by atoms with E-state index in [2.05, 4.69) is 16.2 Å². The fourth-order valence-corrected chi connectivity index (χ4v) is 3.56. The maximum absolute atomic E-state index is 13.4. The van der Waals surface area contributed by atoms with E-state index in [1.807, 2.05) is 20.8 Å². The smallest absolute Gasteiger partial charge is 0.269 e. The first-order valence-corrected chi connectivity index (χ1v) is 12.1. The minimum atomic E-state index is -0.920. The van der Waals surface area contributed by atoms with Gasteiger partial charge in [-0.1, -0.05) is 12.1 Å². The van der Waals surface area contributed by atoms with Crippen molar-refractivity contribution in [3.63, 3.8) is 0 Å². The first-order valence-electron chi connectivity index (χ1n) is 12.1. The van der Waals surface area contributed by atoms with Crippen molar-refractivity contribution in [2.45, 2.75) is 32.9 Å². The number of anilines is 1. The molecular formula is C28H33N5O5. The summed E-state index contributed by atoms with van der Waals surface area (Å²) in [5.41, 5.74) is 12.6. The van der Waals surface area contributed by atoms with Gasteiger partial charge in [-0.25, -0.2) is 0 Å². The van der Waals surface area contributed by atoms with Crippen LogP contribution in [-0.2, 0) is 4.79 Å². The Morgan fingerprint density at radius 2 is 1.68 bits per heavy atom. The van der Waals surface area contributed by atoms with Gasteiger partial charge in [0, 0.05) is 16.8 Å². The molecule has 6 N–H and O–H groups in total. The molecule has 0 saturated carbocycles. The summed E-state index contributed by atoms with van der Waals surface area (Å²) < 4.78 is 16.8. The zero-order chi connectivity index (χ0) is 27.7. The van der Waals surface area contributed by atoms with E-state index < -0.39 is 17.9 Å². The van der Waals surface area contributed by atoms with Crippen LogP contribution in [0, 0.1) is 5.41 Å². The van der Waals surface area contributed by atoms with Crippen molar-refractivity contribution < 1.29 is 23.8 Å². The summed E-state index contributed by atoms with van der Waals surface area (Å²) in [4.78, 5) is 26.0. The Kier molecular flexibility index (Phi) is 9.53. The van der Waals surface area contributed by atoms with Gasteiger partial charge >= 0.3 is 0 Å². The summed E-state index contributed by atoms with van der Waals surface area (Å²) in [7, 11) is 1.51. The van der Waals surface area contributed by atoms with Crippen LogP contribution in [0.5, 0.6) is 17.2 Å². The number of amides is 2. The average molecular weight is 520 g/mol. The van der Waals surface area contributed by atoms with E-state index in [1.165, 1.54) is 7.11 Å². The van der Waals surface area contributed by atoms with E-state index in [0.29, 0.717) is 46.2 Å². The van der Waals surface area contributed by atoms with Crippen LogP contribution in [0.3, 0.4) is 0 Å². The normalized spacial score (nSPS) is 11.3. The molecule has 200 valence electrons. The van der Waals surface area contributed by atoms with Gasteiger partial charge in [0.25, 0.3) is 11.8 Å². The molecule has 0 saturated heterocycles. The zero-order valence-electron chi connectivity index (χ0n) is 21.8. The number of methoxy groups -OCH3 is 1. The molecular weight excluding hydrogens is 486 g/mol. The van der Waals surface area contributed by atoms with Gasteiger partial charge in [0.2, 0.25) is 0 Å². The van der Waals surface area contributed by atoms with Crippen molar-refractivity contribution in [2.75, 3.05) is 19.0 Å². The number of hydrogen-bond acceptors (Lipinski definition) is 7. The fraction of sp³-hybridized carbons (Fsp3) is 0.250. The number of rotatable bonds is 11. The molecule has 0 aliphatic heterocycles. The van der Waals surface area contributed by atoms with E-state index >= 15 is 0 Å². The molecule has 1 unspecified atom stereocenters. The summed E-state index contributed by atoms with van der Waals surface area (Å²) in [6.45, 7) is 6.10. The van der Waals surface area contributed by atoms with Gasteiger partial charge in [0.1, 0.15) is 17.6 Å². The molecule has 0 fully saturated rings. The second kappa shape index (κ2) is 13.0. The van der Waals surface area contributed by atoms with Crippen molar-refractivity contribution in [3.8, 4) is 17.2 Å². The number of amidine groups is 1. The lowest BCUT2D eigenvalue weighted by atomic mass is 10.0. The molecule has 0 bridgehead atoms. The number of carbonyl (C=O) groups is 2. The maximum atomic E-state index is 13.4. The van der Waals surface area contributed by atoms with Crippen molar-refractivity contribution >= 4 is 23.3 Å². The highest BCUT2D eigenvalue weighted by atomic mass is 16.5. The summed E-state index contributed by atoms with van der Waals surface area (Å²) in [6.07, 6.45) is -0.0658. The van der Waals surface area contributed by atoms with E-state index in [9.17, 15) is 9.59 Å². The number of nitrogens with two attached hydrogens (primary N) is 1. The predicted octanol–water partition coefficient (Wildman–Crippen LogP) is 3.78. The second-order valence-corrected chi connectivity index (χ2v) is 8.55. The quantitative estimate of drug-likeness (QED) is 0.147. The topological polar surface area (TPSA) is 148 Å². The van der Waals surface area contributed by atoms with Crippen molar-refractivity contribution in [3.05, 3.63) is 83.4 Å². The molecule has 3 rings (SSSR count). The molecule has 0 aromatic heterocycles. The molecule has 10 nitrogen and oxygen atoms in total. The lowest BCUT2D eigenvalue weighted by Crippen LogP contribution is -2.45. The number of nitrogen functional groups attached to an aromatic ring is 1. The SMILES string of the molecule is CCOc1cc(C(Nc2ccc(C(=N)N)cc2)C(=O)NNC(=O)c2cccc(OC)c2)ccc1OC(C)C. The van der Waals surface area contributed by atoms with Crippen molar-refractivity contribution in [1.82, 2.24) is 10.9 Å². The molecule has 0 spiro atoms. The summed E-state index contributed by atoms with van der Waals surface area (Å²) in [5, 5.41) is 10.8. The number of benzene rings is 3. The van der Waals surface area contributed by atoms with E-state index in [0.717, 1.165) is 0 Å². The molecule has 10 heteroatoms. The highest BCUT2D eigenvalue weighted by molar-refractivity contribution is 5.97. The van der Waals surface area contributed by atoms with Crippen LogP contribution < -0.4 is 36.1 Å². The minimum Gasteiger partial charge on any atom is -0.497 e. The van der Waals surface area contributed by atoms with E-state index in [1.54, 1.807) is 66.7 Å². The van der Waals surface area contributed by atoms with Crippen LogP contribution in [0.25, 0.3) is 0 Å². The van der Waals surface area contributed by atoms with Crippen LogP contribution >= 0.6 is 0 Å². The lowest BCUT2D eigenvalue weighted by Gasteiger charge is -2.22. The highest BCUT2D eigenvalue weighted by Gasteiger charge is 2.24. The predicted molar refractivity (Wildman–Crippen MR) is 146 cm³/mol. The van der Waals surface area contributed by atoms with Gasteiger partial charge in [-0.15, -0.1) is 0 Å². The Bertz CT molecular complexity index is 1280. The zero-order valence-corrected chi connectivity index (χ0v) is 21.8. The van der Waals surface area contributed by atoms with Gasteiger partial charge < -0.3 is 25.3 Å². The molecule has 1 atom stereocenters. The summed E-state index contributed by atoms with van der Waals surface area (Å²) in [6, 6.07) is 17.7. The molecule has 38 heavy (non-hydrogen) atoms. The average Bonchev–Trinajstić information content (AvgIpc) is 2.91. The van der Waals surface area contributed by atoms with Crippen LogP contribution in [0.2, 0.25) is 0 Å². The molecule has 3 aromatic carbocycles. The monoisotopic (exact) mass is 519 g/mol. The molecule has 2 amide bonds. The first kappa shape index (κ1) is 27.9. The second-order valence-electron chi connectivity index (χ2n) is 8.55. The number of hydrogen-bond donors (Lipinski definition) is 5. The largest absolute Gasteiger partial charge is 0.497 e. The fourth-order valence-electron chi connectivity index (χ4n) is 3.56. The Hall–Kier alpha value is -4.73. The van der Waals surface area contributed by atoms with Crippen LogP contribution in [0.15, 0.2) is 66.7 Å². The Balaban J connectivity index is 1.88. The number of ether oxygens (including phenoxy) is 3. The van der Waals surface area contributed by atoms with Gasteiger partial charge in [-0.2, -0.15) is 0 Å². The van der Waals surface area contributed by atoms with Crippen molar-refractivity contribution in [2.24, 2.45) is 5.73 Å². The third-order valence-electron chi connectivity index (χ3n) is 5.36. The minimum absolute atomic E-state index is 0.0619. The van der Waals surface area contributed by atoms with Crippen molar-refractivity contribution in [1.29, 1.82) is 5.41 Å². The van der Waals surface area contributed by atoms with Crippen LogP contribution in [0.4, 0.5) is 5.69 Å². The third-order valence-corrected chi connectivity index (χ3v) is 5.36. The van der Waals surface area contributed by atoms with Gasteiger partial charge in [0.05, 0.1) is 19.8 Å². The molecule has 0 aliphatic carbocycles. The van der Waals surface area contributed by atoms with Gasteiger partial charge in [-0.3, -0.25) is 25.8 Å². The summed E-state index contributed by atoms with van der Waals surface area (Å²) in [5.74, 6) is 0.486. The van der Waals surface area contributed by atoms with Gasteiger partial charge in [0.15, 0.2) is 11.5 Å². The highest BCUT2D eigenvalue weighted by Crippen LogP contribution is 2.33. The molecule has 0 aliphatic rings. The maximum Gasteiger partial charge on any atom is 0.269 e. The number of nitrogens with one attached hydrogen (secondary N) is 4. The van der Waals surface area contributed by atoms with Gasteiger partial charge in [-0.05, 0) is 80.9 Å². The first-order chi connectivity index (χ1) is 18.2. The van der Waals surface area contributed by atoms with Crippen LogP contribution in [0.1, 0.15) is 48.3 Å². The molecule has 3 aromatic rings. The lowest BCUT2D eigenvalue weighted by molar-refractivity contribution is -0.122. The van der Waals surface area contributed by atoms with Crippen LogP contribution in [-0.4, -0.2) is 37.5 Å².